The van der Waals surface area contributed by atoms with Crippen molar-refractivity contribution in [3.05, 3.63) is 42.2 Å². The van der Waals surface area contributed by atoms with Crippen LogP contribution in [0.2, 0.25) is 0 Å². The highest BCUT2D eigenvalue weighted by Crippen LogP contribution is 2.28. The van der Waals surface area contributed by atoms with Crippen LogP contribution in [0.25, 0.3) is 5.65 Å². The fourth-order valence-electron chi connectivity index (χ4n) is 2.88. The fourth-order valence-corrected chi connectivity index (χ4v) is 2.88. The quantitative estimate of drug-likeness (QED) is 0.408. The summed E-state index contributed by atoms with van der Waals surface area (Å²) >= 11 is 0. The number of aliphatic hydroxyl groups excluding tert-OH is 1. The molecule has 0 radical (unpaired) electrons. The molecule has 0 spiro atoms. The van der Waals surface area contributed by atoms with Gasteiger partial charge >= 0.3 is 0 Å². The summed E-state index contributed by atoms with van der Waals surface area (Å²) in [5.41, 5.74) is 1.53. The maximum Gasteiger partial charge on any atom is 0.276 e. The predicted molar refractivity (Wildman–Crippen MR) is 107 cm³/mol. The molecule has 1 aliphatic carbocycles. The Morgan fingerprint density at radius 2 is 2.14 bits per heavy atom. The van der Waals surface area contributed by atoms with E-state index < -0.39 is 11.7 Å². The van der Waals surface area contributed by atoms with Crippen molar-refractivity contribution in [2.45, 2.75) is 31.7 Å². The maximum absolute atomic E-state index is 13.8. The molecule has 0 aromatic carbocycles. The number of fused-ring (bicyclic) bond motifs is 1. The predicted octanol–water partition coefficient (Wildman–Crippen LogP) is 2.27. The number of hydrogen-bond donors (Lipinski definition) is 4. The number of pyridine rings is 1. The van der Waals surface area contributed by atoms with Crippen LogP contribution in [-0.2, 0) is 0 Å². The van der Waals surface area contributed by atoms with Crippen molar-refractivity contribution in [2.24, 2.45) is 0 Å². The molecule has 9 nitrogen and oxygen atoms in total. The van der Waals surface area contributed by atoms with Gasteiger partial charge in [0.2, 0.25) is 0 Å². The fraction of sp³-hybridized carbons (Fsp3) is 0.368. The van der Waals surface area contributed by atoms with Gasteiger partial charge in [0.15, 0.2) is 17.2 Å². The Hall–Kier alpha value is -3.27. The van der Waals surface area contributed by atoms with E-state index in [-0.39, 0.29) is 18.0 Å². The number of amides is 1. The van der Waals surface area contributed by atoms with Crippen LogP contribution in [0, 0.1) is 5.82 Å². The molecule has 1 fully saturated rings. The summed E-state index contributed by atoms with van der Waals surface area (Å²) < 4.78 is 15.3. The molecule has 0 bridgehead atoms. The normalized spacial score (nSPS) is 13.4. The number of anilines is 3. The van der Waals surface area contributed by atoms with Gasteiger partial charge in [0.25, 0.3) is 5.91 Å². The lowest BCUT2D eigenvalue weighted by molar-refractivity contribution is 0.102. The third kappa shape index (κ3) is 4.43. The Morgan fingerprint density at radius 1 is 1.28 bits per heavy atom. The molecule has 0 aliphatic heterocycles. The molecule has 152 valence electrons. The molecule has 10 heteroatoms. The summed E-state index contributed by atoms with van der Waals surface area (Å²) in [6.07, 6.45) is 7.52. The van der Waals surface area contributed by atoms with Crippen molar-refractivity contribution < 1.29 is 14.3 Å². The van der Waals surface area contributed by atoms with Crippen LogP contribution in [0.4, 0.5) is 21.6 Å². The number of carbonyl (C=O) groups excluding carboxylic acids is 1. The summed E-state index contributed by atoms with van der Waals surface area (Å²) in [6.45, 7) is 0.778. The number of rotatable bonds is 9. The van der Waals surface area contributed by atoms with E-state index in [0.29, 0.717) is 30.5 Å². The molecule has 0 unspecified atom stereocenters. The maximum atomic E-state index is 13.8. The van der Waals surface area contributed by atoms with Gasteiger partial charge in [-0.3, -0.25) is 9.78 Å². The molecule has 29 heavy (non-hydrogen) atoms. The molecule has 0 atom stereocenters. The molecule has 1 aliphatic rings. The first kappa shape index (κ1) is 19.1. The number of hydrogen-bond acceptors (Lipinski definition) is 7. The highest BCUT2D eigenvalue weighted by Gasteiger charge is 2.24. The third-order valence-corrected chi connectivity index (χ3v) is 4.55. The number of aliphatic hydroxyl groups is 1. The molecule has 0 saturated heterocycles. The number of nitrogens with one attached hydrogen (secondary N) is 3. The zero-order chi connectivity index (χ0) is 20.2. The van der Waals surface area contributed by atoms with Gasteiger partial charge in [0.05, 0.1) is 23.8 Å². The molecular formula is C19H22FN7O2. The Kier molecular flexibility index (Phi) is 5.52. The van der Waals surface area contributed by atoms with Gasteiger partial charge in [-0.2, -0.15) is 0 Å². The summed E-state index contributed by atoms with van der Waals surface area (Å²) in [5, 5.41) is 22.6. The lowest BCUT2D eigenvalue weighted by Gasteiger charge is -2.12. The number of carbonyl (C=O) groups is 1. The van der Waals surface area contributed by atoms with E-state index in [1.807, 2.05) is 6.07 Å². The number of unbranched alkanes of at least 4 members (excludes halogenated alkanes) is 1. The van der Waals surface area contributed by atoms with Gasteiger partial charge in [-0.05, 0) is 31.7 Å². The van der Waals surface area contributed by atoms with Gasteiger partial charge in [0.1, 0.15) is 5.82 Å². The minimum absolute atomic E-state index is 0.0366. The van der Waals surface area contributed by atoms with E-state index in [4.69, 9.17) is 5.11 Å². The van der Waals surface area contributed by atoms with Crippen LogP contribution in [0.1, 0.15) is 36.2 Å². The zero-order valence-corrected chi connectivity index (χ0v) is 15.7. The molecule has 4 rings (SSSR count). The first-order chi connectivity index (χ1) is 14.2. The number of aromatic nitrogens is 4. The third-order valence-electron chi connectivity index (χ3n) is 4.55. The topological polar surface area (TPSA) is 116 Å². The molecule has 1 amide bonds. The van der Waals surface area contributed by atoms with Gasteiger partial charge in [-0.15, -0.1) is 5.10 Å². The lowest BCUT2D eigenvalue weighted by Crippen LogP contribution is -2.17. The minimum Gasteiger partial charge on any atom is -0.396 e. The van der Waals surface area contributed by atoms with Gasteiger partial charge in [0, 0.05) is 31.5 Å². The second kappa shape index (κ2) is 8.39. The van der Waals surface area contributed by atoms with Crippen LogP contribution < -0.4 is 16.0 Å². The van der Waals surface area contributed by atoms with E-state index in [1.54, 1.807) is 0 Å². The van der Waals surface area contributed by atoms with Crippen molar-refractivity contribution >= 4 is 28.7 Å². The zero-order valence-electron chi connectivity index (χ0n) is 15.7. The molecule has 3 heterocycles. The van der Waals surface area contributed by atoms with Crippen molar-refractivity contribution in [1.29, 1.82) is 0 Å². The minimum atomic E-state index is -0.620. The van der Waals surface area contributed by atoms with Crippen molar-refractivity contribution in [1.82, 2.24) is 19.6 Å². The van der Waals surface area contributed by atoms with Gasteiger partial charge < -0.3 is 21.1 Å². The van der Waals surface area contributed by atoms with Crippen LogP contribution >= 0.6 is 0 Å². The first-order valence-corrected chi connectivity index (χ1v) is 9.56. The van der Waals surface area contributed by atoms with Crippen LogP contribution in [0.15, 0.2) is 30.7 Å². The average molecular weight is 399 g/mol. The molecule has 3 aromatic rings. The van der Waals surface area contributed by atoms with Crippen LogP contribution in [-0.4, -0.2) is 49.8 Å². The van der Waals surface area contributed by atoms with Crippen molar-refractivity contribution in [2.75, 3.05) is 29.1 Å². The monoisotopic (exact) mass is 399 g/mol. The van der Waals surface area contributed by atoms with E-state index in [2.05, 4.69) is 31.0 Å². The molecular weight excluding hydrogens is 377 g/mol. The van der Waals surface area contributed by atoms with E-state index in [0.717, 1.165) is 31.1 Å². The van der Waals surface area contributed by atoms with Crippen LogP contribution in [0.3, 0.4) is 0 Å². The SMILES string of the molecule is O=C(Nc1ccncc1F)c1cnc2c(NC3CC3)cc(NCCCCO)nn12. The highest BCUT2D eigenvalue weighted by molar-refractivity contribution is 6.03. The van der Waals surface area contributed by atoms with Crippen LogP contribution in [0.5, 0.6) is 0 Å². The van der Waals surface area contributed by atoms with Crippen molar-refractivity contribution in [3.8, 4) is 0 Å². The Morgan fingerprint density at radius 3 is 2.90 bits per heavy atom. The van der Waals surface area contributed by atoms with Crippen molar-refractivity contribution in [3.63, 3.8) is 0 Å². The average Bonchev–Trinajstić information content (AvgIpc) is 3.42. The Balaban J connectivity index is 1.63. The summed E-state index contributed by atoms with van der Waals surface area (Å²) in [4.78, 5) is 20.8. The molecule has 4 N–H and O–H groups in total. The Bertz CT molecular complexity index is 1020. The summed E-state index contributed by atoms with van der Waals surface area (Å²) in [6, 6.07) is 3.64. The highest BCUT2D eigenvalue weighted by atomic mass is 19.1. The second-order valence-corrected chi connectivity index (χ2v) is 6.91. The summed E-state index contributed by atoms with van der Waals surface area (Å²) in [7, 11) is 0. The standard InChI is InChI=1S/C19H22FN7O2/c20-13-10-21-7-5-14(13)25-19(29)16-11-23-18-15(24-12-3-4-12)9-17(26-27(16)18)22-6-1-2-8-28/h5,7,9-12,24,28H,1-4,6,8H2,(H,22,26)(H,21,25,29). The number of nitrogens with zero attached hydrogens (tertiary/aromatic N) is 4. The molecule has 1 saturated carbocycles. The van der Waals surface area contributed by atoms with E-state index >= 15 is 0 Å². The lowest BCUT2D eigenvalue weighted by atomic mass is 10.3. The largest absolute Gasteiger partial charge is 0.396 e. The second-order valence-electron chi connectivity index (χ2n) is 6.91. The van der Waals surface area contributed by atoms with E-state index in [9.17, 15) is 9.18 Å². The molecule has 3 aromatic heterocycles. The van der Waals surface area contributed by atoms with E-state index in [1.165, 1.54) is 23.0 Å². The smallest absolute Gasteiger partial charge is 0.276 e. The Labute approximate surface area is 166 Å². The van der Waals surface area contributed by atoms with Gasteiger partial charge in [-0.1, -0.05) is 0 Å². The van der Waals surface area contributed by atoms with Gasteiger partial charge in [-0.25, -0.2) is 13.9 Å². The summed E-state index contributed by atoms with van der Waals surface area (Å²) in [5.74, 6) is -0.560. The number of imidazole rings is 1. The first-order valence-electron chi connectivity index (χ1n) is 9.56. The number of halogens is 1.